The van der Waals surface area contributed by atoms with Gasteiger partial charge in [0.2, 0.25) is 0 Å². The first-order valence-electron chi connectivity index (χ1n) is 1.15. The van der Waals surface area contributed by atoms with Gasteiger partial charge in [-0.1, -0.05) is 0 Å². The van der Waals surface area contributed by atoms with E-state index in [1.807, 2.05) is 0 Å². The van der Waals surface area contributed by atoms with Crippen LogP contribution >= 0.6 is 0 Å². The van der Waals surface area contributed by atoms with Crippen LogP contribution in [0.4, 0.5) is 0 Å². The summed E-state index contributed by atoms with van der Waals surface area (Å²) in [5.74, 6) is 0. The molecule has 0 N–H and O–H groups in total. The van der Waals surface area contributed by atoms with Crippen LogP contribution in [0.2, 0.25) is 0 Å². The van der Waals surface area contributed by atoms with Crippen LogP contribution in [0.15, 0.2) is 12.2 Å². The van der Waals surface area contributed by atoms with Crippen LogP contribution in [0, 0.1) is 52.4 Å². The Hall–Kier alpha value is 0.532. The molecular formula is C5H9U. The quantitative estimate of drug-likeness (QED) is 0.597. The molecule has 0 unspecified atom stereocenters. The molecule has 0 aliphatic heterocycles. The molecule has 0 atom stereocenters. The molecule has 0 nitrogen and oxygen atoms in total. The van der Waals surface area contributed by atoms with E-state index in [-0.39, 0.29) is 38.5 Å². The van der Waals surface area contributed by atoms with E-state index in [1.54, 1.807) is 12.2 Å². The van der Waals surface area contributed by atoms with E-state index >= 15 is 0 Å². The smallest absolute Gasteiger partial charge is 0.382 e. The first-order chi connectivity index (χ1) is 1.91. The van der Waals surface area contributed by atoms with Gasteiger partial charge in [-0.25, -0.2) is 0 Å². The monoisotopic (exact) mass is 307 g/mol. The van der Waals surface area contributed by atoms with Crippen molar-refractivity contribution in [1.29, 1.82) is 0 Å². The van der Waals surface area contributed by atoms with Crippen molar-refractivity contribution in [3.63, 3.8) is 0 Å². The van der Waals surface area contributed by atoms with Crippen molar-refractivity contribution in [2.45, 2.75) is 0 Å². The van der Waals surface area contributed by atoms with Gasteiger partial charge in [-0.2, -0.15) is 0 Å². The fourth-order valence-electron chi connectivity index (χ4n) is 0. The van der Waals surface area contributed by atoms with E-state index in [0.29, 0.717) is 0 Å². The molecule has 0 amide bonds. The van der Waals surface area contributed by atoms with Crippen LogP contribution in [0.5, 0.6) is 0 Å². The summed E-state index contributed by atoms with van der Waals surface area (Å²) in [6.45, 7) is 6.72. The molecule has 0 aliphatic rings. The fraction of sp³-hybridized carbons (Fsp3) is 0. The van der Waals surface area contributed by atoms with Crippen LogP contribution in [0.3, 0.4) is 0 Å². The maximum absolute atomic E-state index is 3.36. The summed E-state index contributed by atoms with van der Waals surface area (Å²) in [7, 11) is 0. The third kappa shape index (κ3) is 24.1. The third-order valence-electron chi connectivity index (χ3n) is 0.167. The second-order valence-corrected chi connectivity index (χ2v) is 0.471. The van der Waals surface area contributed by atoms with Gasteiger partial charge in [-0.15, -0.1) is 0 Å². The van der Waals surface area contributed by atoms with Crippen molar-refractivity contribution < 1.29 is 31.1 Å². The maximum Gasteiger partial charge on any atom is 3.00 e. The number of rotatable bonds is 0. The zero-order chi connectivity index (χ0) is 3.41. The van der Waals surface area contributed by atoms with Crippen molar-refractivity contribution in [2.75, 3.05) is 0 Å². The van der Waals surface area contributed by atoms with E-state index in [2.05, 4.69) is 13.8 Å². The molecule has 33 valence electrons. The first kappa shape index (κ1) is 16.0. The van der Waals surface area contributed by atoms with E-state index in [4.69, 9.17) is 0 Å². The van der Waals surface area contributed by atoms with Crippen molar-refractivity contribution >= 4 is 0 Å². The first-order valence-corrected chi connectivity index (χ1v) is 1.15. The predicted molar refractivity (Wildman–Crippen MR) is 26.3 cm³/mol. The Kier molecular flexibility index (Phi) is 47.3. The van der Waals surface area contributed by atoms with Gasteiger partial charge >= 0.3 is 31.1 Å². The summed E-state index contributed by atoms with van der Waals surface area (Å²) in [5, 5.41) is 0. The van der Waals surface area contributed by atoms with E-state index in [1.165, 1.54) is 0 Å². The Morgan fingerprint density at radius 3 is 1.17 bits per heavy atom. The zero-order valence-electron chi connectivity index (χ0n) is 4.07. The minimum atomic E-state index is 0. The van der Waals surface area contributed by atoms with E-state index in [9.17, 15) is 0 Å². The molecule has 1 radical (unpaired) electrons. The fourth-order valence-corrected chi connectivity index (χ4v) is 0. The summed E-state index contributed by atoms with van der Waals surface area (Å²) >= 11 is 0. The Labute approximate surface area is 64.4 Å². The molecule has 0 bridgehead atoms. The molecule has 0 aliphatic carbocycles. The van der Waals surface area contributed by atoms with Gasteiger partial charge in [0.15, 0.2) is 0 Å². The summed E-state index contributed by atoms with van der Waals surface area (Å²) in [4.78, 5) is 0. The topological polar surface area (TPSA) is 0 Å². The van der Waals surface area contributed by atoms with Gasteiger partial charge in [0.25, 0.3) is 0 Å². The number of hydrogen-bond acceptors (Lipinski definition) is 0. The molecule has 0 aromatic carbocycles. The molecule has 0 saturated carbocycles. The van der Waals surface area contributed by atoms with Gasteiger partial charge < -0.3 is 33.4 Å². The second kappa shape index (κ2) is 17.7. The molecule has 0 aromatic heterocycles. The van der Waals surface area contributed by atoms with Crippen LogP contribution in [-0.4, -0.2) is 0 Å². The molecule has 0 aromatic rings. The van der Waals surface area contributed by atoms with E-state index < -0.39 is 0 Å². The summed E-state index contributed by atoms with van der Waals surface area (Å²) in [5.41, 5.74) is 0. The van der Waals surface area contributed by atoms with Crippen LogP contribution in [0.25, 0.3) is 0 Å². The van der Waals surface area contributed by atoms with Gasteiger partial charge in [0.05, 0.1) is 0 Å². The zero-order valence-corrected chi connectivity index (χ0v) is 8.23. The minimum absolute atomic E-state index is 0. The van der Waals surface area contributed by atoms with Gasteiger partial charge in [-0.3, -0.25) is 0 Å². The standard InChI is InChI=1S/C4H6.CH3.U/c1-3-4-2;;/h3-4H,1-2H2;1H3;/q-2;-1;+3. The number of allylic oxidation sites excluding steroid dienone is 2. The van der Waals surface area contributed by atoms with Crippen LogP contribution < -0.4 is 0 Å². The van der Waals surface area contributed by atoms with Gasteiger partial charge in [-0.05, 0) is 0 Å². The molecule has 6 heavy (non-hydrogen) atoms. The summed E-state index contributed by atoms with van der Waals surface area (Å²) in [6.07, 6.45) is 3.28. The molecule has 0 heterocycles. The Morgan fingerprint density at radius 2 is 1.17 bits per heavy atom. The molecular weight excluding hydrogens is 298 g/mol. The Bertz CT molecular complexity index is 19.1. The molecule has 1 heteroatoms. The summed E-state index contributed by atoms with van der Waals surface area (Å²) in [6, 6.07) is 0. The minimum Gasteiger partial charge on any atom is -0.382 e. The molecule has 0 fully saturated rings. The molecule has 0 saturated heterocycles. The van der Waals surface area contributed by atoms with Gasteiger partial charge in [0.1, 0.15) is 0 Å². The SMILES string of the molecule is [CH2-]C=C[CH2-].[CH3-].[U+3]. The van der Waals surface area contributed by atoms with Crippen molar-refractivity contribution in [1.82, 2.24) is 0 Å². The van der Waals surface area contributed by atoms with Crippen LogP contribution in [0.1, 0.15) is 0 Å². The van der Waals surface area contributed by atoms with Crippen LogP contribution in [-0.2, 0) is 0 Å². The third-order valence-corrected chi connectivity index (χ3v) is 0.167. The molecule has 0 spiro atoms. The molecule has 0 rings (SSSR count). The van der Waals surface area contributed by atoms with Crippen molar-refractivity contribution in [3.05, 3.63) is 33.4 Å². The average Bonchev–Trinajstić information content (AvgIpc) is 1.37. The normalized spacial score (nSPS) is 6.00. The maximum atomic E-state index is 3.36. The Morgan fingerprint density at radius 1 is 1.00 bits per heavy atom. The average molecular weight is 307 g/mol. The summed E-state index contributed by atoms with van der Waals surface area (Å²) < 4.78 is 0. The van der Waals surface area contributed by atoms with Crippen molar-refractivity contribution in [3.8, 4) is 0 Å². The largest absolute Gasteiger partial charge is 3.00 e. The van der Waals surface area contributed by atoms with Gasteiger partial charge in [0, 0.05) is 0 Å². The predicted octanol–water partition coefficient (Wildman–Crippen LogP) is 1.66. The number of hydrogen-bond donors (Lipinski definition) is 0. The Balaban J connectivity index is -0.0000000450. The van der Waals surface area contributed by atoms with E-state index in [0.717, 1.165) is 0 Å². The van der Waals surface area contributed by atoms with Crippen molar-refractivity contribution in [2.24, 2.45) is 0 Å². The second-order valence-electron chi connectivity index (χ2n) is 0.471.